The number of ketones is 1. The SMILES string of the molecule is Nc1cc(F)cc2c(=O)cc(C(=O)CCC3CCC(F)(F)CC3)oc12. The van der Waals surface area contributed by atoms with E-state index >= 15 is 0 Å². The fourth-order valence-electron chi connectivity index (χ4n) is 3.23. The molecule has 1 aromatic heterocycles. The molecule has 0 aliphatic heterocycles. The number of Topliss-reactive ketones (excluding diaryl/α,β-unsaturated/α-hetero) is 1. The molecule has 0 radical (unpaired) electrons. The molecule has 0 saturated heterocycles. The number of nitrogens with two attached hydrogens (primary N) is 1. The van der Waals surface area contributed by atoms with Crippen molar-refractivity contribution in [3.8, 4) is 0 Å². The van der Waals surface area contributed by atoms with Crippen molar-refractivity contribution in [3.05, 3.63) is 40.0 Å². The van der Waals surface area contributed by atoms with Gasteiger partial charge in [-0.25, -0.2) is 13.2 Å². The van der Waals surface area contributed by atoms with Crippen LogP contribution in [-0.4, -0.2) is 11.7 Å². The Bertz CT molecular complexity index is 866. The van der Waals surface area contributed by atoms with Gasteiger partial charge in [-0.05, 0) is 31.2 Å². The van der Waals surface area contributed by atoms with E-state index in [2.05, 4.69) is 0 Å². The van der Waals surface area contributed by atoms with Crippen LogP contribution < -0.4 is 11.2 Å². The highest BCUT2D eigenvalue weighted by atomic mass is 19.3. The maximum atomic E-state index is 13.3. The Morgan fingerprint density at radius 2 is 1.92 bits per heavy atom. The zero-order valence-electron chi connectivity index (χ0n) is 13.5. The number of alkyl halides is 2. The maximum absolute atomic E-state index is 13.3. The van der Waals surface area contributed by atoms with Gasteiger partial charge in [0.05, 0.1) is 11.1 Å². The van der Waals surface area contributed by atoms with Gasteiger partial charge >= 0.3 is 0 Å². The van der Waals surface area contributed by atoms with Crippen molar-refractivity contribution in [1.29, 1.82) is 0 Å². The van der Waals surface area contributed by atoms with Crippen LogP contribution >= 0.6 is 0 Å². The number of hydrogen-bond donors (Lipinski definition) is 1. The van der Waals surface area contributed by atoms with Crippen molar-refractivity contribution < 1.29 is 22.4 Å². The van der Waals surface area contributed by atoms with E-state index in [-0.39, 0.29) is 53.4 Å². The minimum atomic E-state index is -2.60. The monoisotopic (exact) mass is 353 g/mol. The molecule has 2 aromatic rings. The predicted octanol–water partition coefficient (Wildman–Crippen LogP) is 4.30. The molecule has 1 aromatic carbocycles. The second-order valence-electron chi connectivity index (χ2n) is 6.61. The molecule has 4 nitrogen and oxygen atoms in total. The maximum Gasteiger partial charge on any atom is 0.248 e. The van der Waals surface area contributed by atoms with Crippen LogP contribution in [0.1, 0.15) is 49.1 Å². The molecule has 7 heteroatoms. The molecule has 0 spiro atoms. The van der Waals surface area contributed by atoms with Crippen molar-refractivity contribution in [1.82, 2.24) is 0 Å². The smallest absolute Gasteiger partial charge is 0.248 e. The highest BCUT2D eigenvalue weighted by Gasteiger charge is 2.34. The molecule has 134 valence electrons. The van der Waals surface area contributed by atoms with Gasteiger partial charge in [0.1, 0.15) is 5.82 Å². The van der Waals surface area contributed by atoms with Gasteiger partial charge < -0.3 is 10.2 Å². The Labute approximate surface area is 141 Å². The summed E-state index contributed by atoms with van der Waals surface area (Å²) in [5, 5.41) is -0.0245. The van der Waals surface area contributed by atoms with Crippen molar-refractivity contribution in [2.24, 2.45) is 5.92 Å². The predicted molar refractivity (Wildman–Crippen MR) is 87.3 cm³/mol. The molecule has 0 bridgehead atoms. The number of benzene rings is 1. The second kappa shape index (κ2) is 6.54. The molecule has 1 aliphatic rings. The van der Waals surface area contributed by atoms with E-state index in [1.807, 2.05) is 0 Å². The fraction of sp³-hybridized carbons (Fsp3) is 0.444. The summed E-state index contributed by atoms with van der Waals surface area (Å²) in [5.74, 6) is -3.73. The summed E-state index contributed by atoms with van der Waals surface area (Å²) in [5.41, 5.74) is 5.03. The third kappa shape index (κ3) is 3.86. The first kappa shape index (κ1) is 17.5. The zero-order valence-corrected chi connectivity index (χ0v) is 13.5. The number of fused-ring (bicyclic) bond motifs is 1. The number of halogens is 3. The topological polar surface area (TPSA) is 73.3 Å². The molecule has 2 N–H and O–H groups in total. The lowest BCUT2D eigenvalue weighted by Crippen LogP contribution is -2.24. The summed E-state index contributed by atoms with van der Waals surface area (Å²) in [6.07, 6.45) is 1.03. The molecule has 0 atom stereocenters. The van der Waals surface area contributed by atoms with Crippen LogP contribution in [0.15, 0.2) is 27.4 Å². The Kier molecular flexibility index (Phi) is 4.58. The fourth-order valence-corrected chi connectivity index (χ4v) is 3.23. The normalized spacial score (nSPS) is 17.7. The van der Waals surface area contributed by atoms with Gasteiger partial charge in [0, 0.05) is 31.4 Å². The highest BCUT2D eigenvalue weighted by molar-refractivity contribution is 5.96. The lowest BCUT2D eigenvalue weighted by molar-refractivity contribution is -0.0464. The van der Waals surface area contributed by atoms with Crippen LogP contribution in [0.5, 0.6) is 0 Å². The Morgan fingerprint density at radius 1 is 1.24 bits per heavy atom. The van der Waals surface area contributed by atoms with Crippen molar-refractivity contribution in [2.45, 2.75) is 44.4 Å². The van der Waals surface area contributed by atoms with Crippen LogP contribution in [0, 0.1) is 11.7 Å². The summed E-state index contributed by atoms with van der Waals surface area (Å²) in [7, 11) is 0. The summed E-state index contributed by atoms with van der Waals surface area (Å²) < 4.78 is 45.0. The summed E-state index contributed by atoms with van der Waals surface area (Å²) in [4.78, 5) is 24.4. The minimum absolute atomic E-state index is 0.0189. The van der Waals surface area contributed by atoms with Crippen LogP contribution in [0.2, 0.25) is 0 Å². The molecule has 3 rings (SSSR count). The minimum Gasteiger partial charge on any atom is -0.451 e. The van der Waals surface area contributed by atoms with Gasteiger partial charge in [-0.3, -0.25) is 9.59 Å². The Hall–Kier alpha value is -2.31. The molecular formula is C18H18F3NO3. The van der Waals surface area contributed by atoms with Crippen LogP contribution in [-0.2, 0) is 0 Å². The van der Waals surface area contributed by atoms with Gasteiger partial charge in [0.25, 0.3) is 0 Å². The van der Waals surface area contributed by atoms with Crippen LogP contribution in [0.4, 0.5) is 18.9 Å². The third-order valence-electron chi connectivity index (χ3n) is 4.71. The standard InChI is InChI=1S/C18H18F3NO3/c19-11-7-12-15(24)9-16(25-17(12)13(22)8-11)14(23)2-1-10-3-5-18(20,21)6-4-10/h7-10H,1-6,22H2. The molecule has 0 unspecified atom stereocenters. The number of rotatable bonds is 4. The average Bonchev–Trinajstić information content (AvgIpc) is 2.54. The van der Waals surface area contributed by atoms with E-state index in [1.54, 1.807) is 0 Å². The van der Waals surface area contributed by atoms with Crippen molar-refractivity contribution in [3.63, 3.8) is 0 Å². The van der Waals surface area contributed by atoms with E-state index in [1.165, 1.54) is 0 Å². The number of nitrogen functional groups attached to an aromatic ring is 1. The summed E-state index contributed by atoms with van der Waals surface area (Å²) >= 11 is 0. The Morgan fingerprint density at radius 3 is 2.60 bits per heavy atom. The molecule has 25 heavy (non-hydrogen) atoms. The largest absolute Gasteiger partial charge is 0.451 e. The van der Waals surface area contributed by atoms with Crippen molar-refractivity contribution in [2.75, 3.05) is 5.73 Å². The first-order chi connectivity index (χ1) is 11.7. The molecule has 1 heterocycles. The highest BCUT2D eigenvalue weighted by Crippen LogP contribution is 2.38. The van der Waals surface area contributed by atoms with Gasteiger partial charge in [-0.15, -0.1) is 0 Å². The van der Waals surface area contributed by atoms with Gasteiger partial charge in [0.15, 0.2) is 22.6 Å². The lowest BCUT2D eigenvalue weighted by Gasteiger charge is -2.27. The molecular weight excluding hydrogens is 335 g/mol. The van der Waals surface area contributed by atoms with Gasteiger partial charge in [-0.1, -0.05) is 0 Å². The van der Waals surface area contributed by atoms with Gasteiger partial charge in [0.2, 0.25) is 5.92 Å². The second-order valence-corrected chi connectivity index (χ2v) is 6.61. The van der Waals surface area contributed by atoms with Gasteiger partial charge in [-0.2, -0.15) is 0 Å². The number of anilines is 1. The van der Waals surface area contributed by atoms with E-state index in [4.69, 9.17) is 10.2 Å². The lowest BCUT2D eigenvalue weighted by atomic mass is 9.83. The quantitative estimate of drug-likeness (QED) is 0.657. The van der Waals surface area contributed by atoms with Crippen LogP contribution in [0.3, 0.4) is 0 Å². The van der Waals surface area contributed by atoms with E-state index in [9.17, 15) is 22.8 Å². The van der Waals surface area contributed by atoms with E-state index < -0.39 is 17.2 Å². The summed E-state index contributed by atoms with van der Waals surface area (Å²) in [6, 6.07) is 3.05. The number of carbonyl (C=O) groups excluding carboxylic acids is 1. The first-order valence-electron chi connectivity index (χ1n) is 8.19. The zero-order chi connectivity index (χ0) is 18.2. The molecule has 1 fully saturated rings. The number of hydrogen-bond acceptors (Lipinski definition) is 4. The van der Waals surface area contributed by atoms with Crippen molar-refractivity contribution >= 4 is 22.4 Å². The van der Waals surface area contributed by atoms with E-state index in [0.717, 1.165) is 18.2 Å². The molecule has 0 amide bonds. The third-order valence-corrected chi connectivity index (χ3v) is 4.71. The first-order valence-corrected chi connectivity index (χ1v) is 8.19. The summed E-state index contributed by atoms with van der Waals surface area (Å²) in [6.45, 7) is 0. The molecule has 1 aliphatic carbocycles. The van der Waals surface area contributed by atoms with Crippen LogP contribution in [0.25, 0.3) is 11.0 Å². The van der Waals surface area contributed by atoms with E-state index in [0.29, 0.717) is 19.3 Å². The molecule has 1 saturated carbocycles. The Balaban J connectivity index is 1.73. The number of carbonyl (C=O) groups is 1. The average molecular weight is 353 g/mol.